The van der Waals surface area contributed by atoms with Gasteiger partial charge in [0.25, 0.3) is 0 Å². The minimum atomic E-state index is -0.425. The number of benzene rings is 2. The van der Waals surface area contributed by atoms with E-state index in [0.29, 0.717) is 23.1 Å². The molecule has 2 aromatic rings. The third kappa shape index (κ3) is 5.54. The quantitative estimate of drug-likeness (QED) is 0.525. The molecule has 0 heterocycles. The average molecular weight is 361 g/mol. The molecule has 5 heteroatoms. The van der Waals surface area contributed by atoms with Gasteiger partial charge < -0.3 is 14.2 Å². The summed E-state index contributed by atoms with van der Waals surface area (Å²) in [5, 5.41) is 0.418. The van der Waals surface area contributed by atoms with Crippen molar-refractivity contribution >= 4 is 23.6 Å². The predicted molar refractivity (Wildman–Crippen MR) is 99.2 cm³/mol. The standard InChI is InChI=1S/C20H21ClO4/c1-4-24-18-12-15(11-17(21)20(18)23-3)8-9-19(22)25-13-16-7-5-6-14(2)10-16/h5-12H,4,13H2,1-3H3. The molecule has 0 aliphatic carbocycles. The van der Waals surface area contributed by atoms with Crippen LogP contribution in [0.4, 0.5) is 0 Å². The van der Waals surface area contributed by atoms with Crippen molar-refractivity contribution in [2.45, 2.75) is 20.5 Å². The largest absolute Gasteiger partial charge is 0.491 e. The van der Waals surface area contributed by atoms with Crippen LogP contribution in [0.1, 0.15) is 23.6 Å². The number of hydrogen-bond acceptors (Lipinski definition) is 4. The van der Waals surface area contributed by atoms with Crippen molar-refractivity contribution < 1.29 is 19.0 Å². The average Bonchev–Trinajstić information content (AvgIpc) is 2.58. The number of hydrogen-bond donors (Lipinski definition) is 0. The highest BCUT2D eigenvalue weighted by molar-refractivity contribution is 6.32. The number of carbonyl (C=O) groups is 1. The van der Waals surface area contributed by atoms with Crippen LogP contribution in [0.15, 0.2) is 42.5 Å². The Bertz CT molecular complexity index is 768. The molecule has 2 aromatic carbocycles. The van der Waals surface area contributed by atoms with E-state index in [-0.39, 0.29) is 6.61 Å². The summed E-state index contributed by atoms with van der Waals surface area (Å²) in [4.78, 5) is 11.9. The number of methoxy groups -OCH3 is 1. The molecule has 0 aliphatic heterocycles. The van der Waals surface area contributed by atoms with Crippen molar-refractivity contribution in [1.82, 2.24) is 0 Å². The van der Waals surface area contributed by atoms with Gasteiger partial charge in [-0.2, -0.15) is 0 Å². The predicted octanol–water partition coefficient (Wildman–Crippen LogP) is 4.81. The lowest BCUT2D eigenvalue weighted by Crippen LogP contribution is -2.01. The fraction of sp³-hybridized carbons (Fsp3) is 0.250. The maximum Gasteiger partial charge on any atom is 0.331 e. The summed E-state index contributed by atoms with van der Waals surface area (Å²) in [7, 11) is 1.53. The zero-order chi connectivity index (χ0) is 18.2. The van der Waals surface area contributed by atoms with Crippen LogP contribution in [0.3, 0.4) is 0 Å². The number of ether oxygens (including phenoxy) is 3. The monoisotopic (exact) mass is 360 g/mol. The van der Waals surface area contributed by atoms with Gasteiger partial charge in [-0.25, -0.2) is 4.79 Å². The Morgan fingerprint density at radius 1 is 1.24 bits per heavy atom. The molecule has 25 heavy (non-hydrogen) atoms. The van der Waals surface area contributed by atoms with Gasteiger partial charge in [-0.05, 0) is 43.2 Å². The Morgan fingerprint density at radius 2 is 2.04 bits per heavy atom. The van der Waals surface area contributed by atoms with E-state index in [1.807, 2.05) is 38.1 Å². The Hall–Kier alpha value is -2.46. The molecule has 2 rings (SSSR count). The van der Waals surface area contributed by atoms with Crippen LogP contribution in [0.25, 0.3) is 6.08 Å². The Balaban J connectivity index is 2.04. The number of carbonyl (C=O) groups excluding carboxylic acids is 1. The molecule has 0 unspecified atom stereocenters. The number of esters is 1. The lowest BCUT2D eigenvalue weighted by atomic mass is 10.1. The van der Waals surface area contributed by atoms with E-state index in [1.165, 1.54) is 13.2 Å². The van der Waals surface area contributed by atoms with Crippen molar-refractivity contribution in [3.8, 4) is 11.5 Å². The van der Waals surface area contributed by atoms with Crippen molar-refractivity contribution in [1.29, 1.82) is 0 Å². The van der Waals surface area contributed by atoms with Gasteiger partial charge in [0.2, 0.25) is 0 Å². The van der Waals surface area contributed by atoms with Gasteiger partial charge in [0, 0.05) is 6.08 Å². The molecule has 0 spiro atoms. The van der Waals surface area contributed by atoms with Gasteiger partial charge in [0.1, 0.15) is 6.61 Å². The SMILES string of the molecule is CCOc1cc(C=CC(=O)OCc2cccc(C)c2)cc(Cl)c1OC. The summed E-state index contributed by atoms with van der Waals surface area (Å²) in [6.07, 6.45) is 3.00. The molecule has 132 valence electrons. The number of rotatable bonds is 7. The minimum Gasteiger partial charge on any atom is -0.491 e. The second-order valence-electron chi connectivity index (χ2n) is 5.40. The molecule has 0 radical (unpaired) electrons. The van der Waals surface area contributed by atoms with E-state index in [4.69, 9.17) is 25.8 Å². The molecule has 0 aromatic heterocycles. The molecule has 0 N–H and O–H groups in total. The Labute approximate surface area is 153 Å². The highest BCUT2D eigenvalue weighted by Gasteiger charge is 2.10. The lowest BCUT2D eigenvalue weighted by Gasteiger charge is -2.11. The van der Waals surface area contributed by atoms with Crippen molar-refractivity contribution in [3.05, 3.63) is 64.2 Å². The first-order valence-electron chi connectivity index (χ1n) is 7.94. The fourth-order valence-electron chi connectivity index (χ4n) is 2.31. The summed E-state index contributed by atoms with van der Waals surface area (Å²) in [5.41, 5.74) is 2.80. The lowest BCUT2D eigenvalue weighted by molar-refractivity contribution is -0.138. The van der Waals surface area contributed by atoms with Crippen LogP contribution < -0.4 is 9.47 Å². The van der Waals surface area contributed by atoms with E-state index in [9.17, 15) is 4.79 Å². The molecular weight excluding hydrogens is 340 g/mol. The van der Waals surface area contributed by atoms with Crippen LogP contribution in [-0.4, -0.2) is 19.7 Å². The van der Waals surface area contributed by atoms with Gasteiger partial charge in [0.05, 0.1) is 18.7 Å². The van der Waals surface area contributed by atoms with Crippen LogP contribution in [0, 0.1) is 6.92 Å². The molecule has 0 amide bonds. The van der Waals surface area contributed by atoms with E-state index in [1.54, 1.807) is 18.2 Å². The molecular formula is C20H21ClO4. The Kier molecular flexibility index (Phi) is 6.90. The maximum atomic E-state index is 11.9. The smallest absolute Gasteiger partial charge is 0.331 e. The summed E-state index contributed by atoms with van der Waals surface area (Å²) >= 11 is 6.19. The zero-order valence-corrected chi connectivity index (χ0v) is 15.3. The third-order valence-corrected chi connectivity index (χ3v) is 3.69. The summed E-state index contributed by atoms with van der Waals surface area (Å²) < 4.78 is 16.0. The van der Waals surface area contributed by atoms with Gasteiger partial charge in [-0.1, -0.05) is 41.4 Å². The Morgan fingerprint density at radius 3 is 2.72 bits per heavy atom. The first kappa shape index (κ1) is 18.9. The first-order chi connectivity index (χ1) is 12.0. The molecule has 0 atom stereocenters. The van der Waals surface area contributed by atoms with Crippen molar-refractivity contribution in [2.75, 3.05) is 13.7 Å². The number of aryl methyl sites for hydroxylation is 1. The summed E-state index contributed by atoms with van der Waals surface area (Å²) in [6.45, 7) is 4.59. The van der Waals surface area contributed by atoms with Crippen LogP contribution in [0.5, 0.6) is 11.5 Å². The second-order valence-corrected chi connectivity index (χ2v) is 5.80. The van der Waals surface area contributed by atoms with Gasteiger partial charge in [-0.3, -0.25) is 0 Å². The maximum absolute atomic E-state index is 11.9. The van der Waals surface area contributed by atoms with E-state index in [0.717, 1.165) is 16.7 Å². The highest BCUT2D eigenvalue weighted by atomic mass is 35.5. The summed E-state index contributed by atoms with van der Waals surface area (Å²) in [5.74, 6) is 0.583. The van der Waals surface area contributed by atoms with Gasteiger partial charge in [-0.15, -0.1) is 0 Å². The topological polar surface area (TPSA) is 44.8 Å². The molecule has 0 saturated heterocycles. The van der Waals surface area contributed by atoms with Gasteiger partial charge in [0.15, 0.2) is 11.5 Å². The van der Waals surface area contributed by atoms with Crippen LogP contribution >= 0.6 is 11.6 Å². The molecule has 0 saturated carbocycles. The third-order valence-electron chi connectivity index (χ3n) is 3.41. The van der Waals surface area contributed by atoms with Crippen molar-refractivity contribution in [2.24, 2.45) is 0 Å². The minimum absolute atomic E-state index is 0.235. The number of halogens is 1. The highest BCUT2D eigenvalue weighted by Crippen LogP contribution is 2.36. The first-order valence-corrected chi connectivity index (χ1v) is 8.32. The molecule has 0 fully saturated rings. The van der Waals surface area contributed by atoms with E-state index < -0.39 is 5.97 Å². The molecule has 0 bridgehead atoms. The fourth-order valence-corrected chi connectivity index (χ4v) is 2.61. The molecule has 0 aliphatic rings. The van der Waals surface area contributed by atoms with E-state index >= 15 is 0 Å². The molecule has 4 nitrogen and oxygen atoms in total. The zero-order valence-electron chi connectivity index (χ0n) is 14.5. The van der Waals surface area contributed by atoms with Crippen LogP contribution in [0.2, 0.25) is 5.02 Å². The van der Waals surface area contributed by atoms with Crippen LogP contribution in [-0.2, 0) is 16.1 Å². The normalized spacial score (nSPS) is 10.7. The second kappa shape index (κ2) is 9.14. The van der Waals surface area contributed by atoms with Crippen molar-refractivity contribution in [3.63, 3.8) is 0 Å². The van der Waals surface area contributed by atoms with E-state index in [2.05, 4.69) is 0 Å². The summed E-state index contributed by atoms with van der Waals surface area (Å²) in [6, 6.07) is 11.3. The van der Waals surface area contributed by atoms with Gasteiger partial charge >= 0.3 is 5.97 Å².